The molecule has 3 heterocycles. The van der Waals surface area contributed by atoms with Crippen molar-refractivity contribution in [3.8, 4) is 5.75 Å². The van der Waals surface area contributed by atoms with Gasteiger partial charge in [-0.05, 0) is 43.2 Å². The first-order valence-corrected chi connectivity index (χ1v) is 9.02. The maximum atomic E-state index is 13.4. The number of nitrogens with one attached hydrogen (secondary N) is 1. The van der Waals surface area contributed by atoms with E-state index in [1.807, 2.05) is 18.2 Å². The fourth-order valence-electron chi connectivity index (χ4n) is 4.03. The molecule has 1 aliphatic carbocycles. The molecule has 6 heteroatoms. The second-order valence-corrected chi connectivity index (χ2v) is 7.09. The maximum absolute atomic E-state index is 13.4. The van der Waals surface area contributed by atoms with Crippen LogP contribution < -0.4 is 10.1 Å². The fraction of sp³-hybridized carbons (Fsp3) is 0.400. The highest BCUT2D eigenvalue weighted by Crippen LogP contribution is 2.58. The predicted octanol–water partition coefficient (Wildman–Crippen LogP) is 2.86. The topological polar surface area (TPSA) is 60.5 Å². The van der Waals surface area contributed by atoms with E-state index in [-0.39, 0.29) is 35.8 Å². The highest BCUT2D eigenvalue weighted by molar-refractivity contribution is 5.85. The third-order valence-corrected chi connectivity index (χ3v) is 5.38. The molecule has 5 rings (SSSR count). The molecule has 2 fully saturated rings. The van der Waals surface area contributed by atoms with Gasteiger partial charge >= 0.3 is 0 Å². The number of ether oxygens (including phenoxy) is 2. The van der Waals surface area contributed by atoms with Crippen molar-refractivity contribution in [1.82, 2.24) is 10.3 Å². The molecule has 4 atom stereocenters. The highest BCUT2D eigenvalue weighted by Gasteiger charge is 2.62. The third-order valence-electron chi connectivity index (χ3n) is 5.38. The van der Waals surface area contributed by atoms with Crippen LogP contribution in [0.1, 0.15) is 41.8 Å². The average molecular weight is 354 g/mol. The fourth-order valence-corrected chi connectivity index (χ4v) is 4.03. The molecule has 3 aliphatic rings. The Morgan fingerprint density at radius 3 is 3.08 bits per heavy atom. The highest BCUT2D eigenvalue weighted by atomic mass is 19.1. The summed E-state index contributed by atoms with van der Waals surface area (Å²) in [5, 5.41) is 2.94. The summed E-state index contributed by atoms with van der Waals surface area (Å²) in [6, 6.07) is 10.3. The molecule has 26 heavy (non-hydrogen) atoms. The lowest BCUT2D eigenvalue weighted by molar-refractivity contribution is -0.123. The number of aromatic nitrogens is 1. The number of amides is 1. The standard InChI is InChI=1S/C20H19FN2O3/c21-11-6-7-15-13(9-11)17-18(19(17)26-15)20(24)22-10-12-3-1-4-14(23-12)16-5-2-8-25-16/h1,3-4,6-7,9,16-19H,2,5,8,10H2,(H,22,24). The molecule has 0 spiro atoms. The minimum atomic E-state index is -0.297. The molecular weight excluding hydrogens is 335 g/mol. The summed E-state index contributed by atoms with van der Waals surface area (Å²) in [6.45, 7) is 1.14. The Hall–Kier alpha value is -2.47. The van der Waals surface area contributed by atoms with Crippen LogP contribution in [0, 0.1) is 11.7 Å². The van der Waals surface area contributed by atoms with Crippen molar-refractivity contribution in [1.29, 1.82) is 0 Å². The summed E-state index contributed by atoms with van der Waals surface area (Å²) >= 11 is 0. The van der Waals surface area contributed by atoms with Crippen LogP contribution in [0.3, 0.4) is 0 Å². The number of hydrogen-bond donors (Lipinski definition) is 1. The summed E-state index contributed by atoms with van der Waals surface area (Å²) in [6.07, 6.45) is 1.94. The van der Waals surface area contributed by atoms with Crippen molar-refractivity contribution in [3.63, 3.8) is 0 Å². The molecule has 134 valence electrons. The van der Waals surface area contributed by atoms with E-state index in [4.69, 9.17) is 9.47 Å². The van der Waals surface area contributed by atoms with Crippen LogP contribution >= 0.6 is 0 Å². The Balaban J connectivity index is 1.22. The van der Waals surface area contributed by atoms with Crippen molar-refractivity contribution in [2.45, 2.75) is 37.5 Å². The number of nitrogens with zero attached hydrogens (tertiary/aromatic N) is 1. The Morgan fingerprint density at radius 2 is 2.23 bits per heavy atom. The van der Waals surface area contributed by atoms with E-state index in [0.717, 1.165) is 36.4 Å². The van der Waals surface area contributed by atoms with Gasteiger partial charge in [0, 0.05) is 18.1 Å². The summed E-state index contributed by atoms with van der Waals surface area (Å²) in [5.41, 5.74) is 2.53. The van der Waals surface area contributed by atoms with Gasteiger partial charge in [0.15, 0.2) is 0 Å². The SMILES string of the molecule is O=C(NCc1cccc(C2CCCO2)n1)C1C2Oc3ccc(F)cc3C21. The van der Waals surface area contributed by atoms with E-state index in [0.29, 0.717) is 12.3 Å². The van der Waals surface area contributed by atoms with Crippen molar-refractivity contribution >= 4 is 5.91 Å². The van der Waals surface area contributed by atoms with Gasteiger partial charge in [0.05, 0.1) is 30.0 Å². The van der Waals surface area contributed by atoms with Gasteiger partial charge in [-0.25, -0.2) is 4.39 Å². The van der Waals surface area contributed by atoms with Gasteiger partial charge in [-0.15, -0.1) is 0 Å². The molecule has 2 aromatic rings. The molecule has 0 bridgehead atoms. The molecule has 1 aromatic carbocycles. The molecule has 1 N–H and O–H groups in total. The lowest BCUT2D eigenvalue weighted by atomic mass is 10.1. The smallest absolute Gasteiger partial charge is 0.227 e. The van der Waals surface area contributed by atoms with Crippen LogP contribution in [-0.4, -0.2) is 23.6 Å². The predicted molar refractivity (Wildman–Crippen MR) is 91.1 cm³/mol. The number of halogens is 1. The number of carbonyl (C=O) groups is 1. The van der Waals surface area contributed by atoms with Crippen molar-refractivity contribution in [3.05, 3.63) is 59.2 Å². The van der Waals surface area contributed by atoms with Crippen molar-refractivity contribution in [2.24, 2.45) is 5.92 Å². The minimum absolute atomic E-state index is 0.0353. The van der Waals surface area contributed by atoms with Gasteiger partial charge in [-0.1, -0.05) is 6.07 Å². The Bertz CT molecular complexity index is 866. The Morgan fingerprint density at radius 1 is 1.31 bits per heavy atom. The number of benzene rings is 1. The van der Waals surface area contributed by atoms with E-state index < -0.39 is 0 Å². The van der Waals surface area contributed by atoms with Gasteiger partial charge in [0.1, 0.15) is 17.7 Å². The summed E-state index contributed by atoms with van der Waals surface area (Å²) in [4.78, 5) is 17.1. The van der Waals surface area contributed by atoms with E-state index >= 15 is 0 Å². The number of rotatable bonds is 4. The van der Waals surface area contributed by atoms with E-state index in [1.54, 1.807) is 6.07 Å². The largest absolute Gasteiger partial charge is 0.489 e. The van der Waals surface area contributed by atoms with Crippen LogP contribution in [0.2, 0.25) is 0 Å². The van der Waals surface area contributed by atoms with Gasteiger partial charge in [0.25, 0.3) is 0 Å². The van der Waals surface area contributed by atoms with Gasteiger partial charge in [-0.3, -0.25) is 9.78 Å². The summed E-state index contributed by atoms with van der Waals surface area (Å²) in [7, 11) is 0. The molecule has 1 saturated carbocycles. The number of pyridine rings is 1. The Kier molecular flexibility index (Phi) is 3.67. The van der Waals surface area contributed by atoms with Gasteiger partial charge in [-0.2, -0.15) is 0 Å². The summed E-state index contributed by atoms with van der Waals surface area (Å²) in [5.74, 6) is 0.0438. The minimum Gasteiger partial charge on any atom is -0.489 e. The number of hydrogen-bond acceptors (Lipinski definition) is 4. The average Bonchev–Trinajstić information content (AvgIpc) is 3.00. The molecule has 2 aliphatic heterocycles. The second-order valence-electron chi connectivity index (χ2n) is 7.09. The molecular formula is C20H19FN2O3. The molecule has 1 aromatic heterocycles. The first kappa shape index (κ1) is 15.8. The normalized spacial score (nSPS) is 28.2. The third kappa shape index (κ3) is 2.65. The monoisotopic (exact) mass is 354 g/mol. The van der Waals surface area contributed by atoms with Crippen molar-refractivity contribution in [2.75, 3.05) is 6.61 Å². The van der Waals surface area contributed by atoms with Gasteiger partial charge < -0.3 is 14.8 Å². The lowest BCUT2D eigenvalue weighted by Crippen LogP contribution is -2.27. The Labute approximate surface area is 150 Å². The van der Waals surface area contributed by atoms with Crippen LogP contribution in [0.5, 0.6) is 5.75 Å². The van der Waals surface area contributed by atoms with Crippen LogP contribution in [0.25, 0.3) is 0 Å². The molecule has 5 nitrogen and oxygen atoms in total. The zero-order valence-corrected chi connectivity index (χ0v) is 14.2. The van der Waals surface area contributed by atoms with E-state index in [2.05, 4.69) is 10.3 Å². The maximum Gasteiger partial charge on any atom is 0.227 e. The zero-order valence-electron chi connectivity index (χ0n) is 14.2. The second kappa shape index (κ2) is 6.06. The number of fused-ring (bicyclic) bond motifs is 3. The summed E-state index contributed by atoms with van der Waals surface area (Å²) < 4.78 is 24.9. The molecule has 1 amide bonds. The zero-order chi connectivity index (χ0) is 17.7. The van der Waals surface area contributed by atoms with Crippen molar-refractivity contribution < 1.29 is 18.7 Å². The number of carbonyl (C=O) groups excluding carboxylic acids is 1. The molecule has 0 radical (unpaired) electrons. The first-order chi connectivity index (χ1) is 12.7. The molecule has 4 unspecified atom stereocenters. The first-order valence-electron chi connectivity index (χ1n) is 9.02. The lowest BCUT2D eigenvalue weighted by Gasteiger charge is -2.12. The van der Waals surface area contributed by atoms with Crippen LogP contribution in [-0.2, 0) is 16.1 Å². The van der Waals surface area contributed by atoms with Crippen LogP contribution in [0.15, 0.2) is 36.4 Å². The van der Waals surface area contributed by atoms with E-state index in [1.165, 1.54) is 12.1 Å². The van der Waals surface area contributed by atoms with Crippen LogP contribution in [0.4, 0.5) is 4.39 Å². The van der Waals surface area contributed by atoms with E-state index in [9.17, 15) is 9.18 Å². The van der Waals surface area contributed by atoms with Gasteiger partial charge in [0.2, 0.25) is 5.91 Å². The molecule has 1 saturated heterocycles. The quantitative estimate of drug-likeness (QED) is 0.917.